The Bertz CT molecular complexity index is 1580. The van der Waals surface area contributed by atoms with Gasteiger partial charge in [-0.15, -0.1) is 0 Å². The van der Waals surface area contributed by atoms with E-state index in [1.165, 1.54) is 39.1 Å². The molecule has 0 spiro atoms. The van der Waals surface area contributed by atoms with Crippen LogP contribution in [0.15, 0.2) is 164 Å². The summed E-state index contributed by atoms with van der Waals surface area (Å²) in [5, 5.41) is 0. The van der Waals surface area contributed by atoms with Gasteiger partial charge in [-0.2, -0.15) is 0 Å². The van der Waals surface area contributed by atoms with Crippen LogP contribution in [-0.4, -0.2) is 6.98 Å². The van der Waals surface area contributed by atoms with Crippen molar-refractivity contribution in [3.05, 3.63) is 164 Å². The van der Waals surface area contributed by atoms with Crippen LogP contribution in [-0.2, 0) is 0 Å². The normalized spacial score (nSPS) is 12.5. The SMILES string of the molecule is c1ccc(-c2cccc(-c3ccccc3)c2B2N(c3ccccc3)c3ccccc3N2c2ccccc2)cc1. The quantitative estimate of drug-likeness (QED) is 0.219. The van der Waals surface area contributed by atoms with E-state index in [9.17, 15) is 0 Å². The summed E-state index contributed by atoms with van der Waals surface area (Å²) in [6, 6.07) is 58.6. The first-order valence-electron chi connectivity index (χ1n) is 13.4. The zero-order chi connectivity index (χ0) is 26.0. The third kappa shape index (κ3) is 4.09. The molecule has 184 valence electrons. The Morgan fingerprint density at radius 2 is 0.692 bits per heavy atom. The summed E-state index contributed by atoms with van der Waals surface area (Å²) in [6.07, 6.45) is 0. The number of anilines is 4. The van der Waals surface area contributed by atoms with Crippen molar-refractivity contribution in [2.45, 2.75) is 0 Å². The zero-order valence-electron chi connectivity index (χ0n) is 21.6. The fraction of sp³-hybridized carbons (Fsp3) is 0. The minimum absolute atomic E-state index is 0.112. The summed E-state index contributed by atoms with van der Waals surface area (Å²) in [7, 11) is 0. The predicted octanol–water partition coefficient (Wildman–Crippen LogP) is 8.71. The average molecular weight is 498 g/mol. The molecule has 1 aliphatic heterocycles. The summed E-state index contributed by atoms with van der Waals surface area (Å²) >= 11 is 0. The van der Waals surface area contributed by atoms with Crippen LogP contribution in [0.4, 0.5) is 22.7 Å². The first kappa shape index (κ1) is 23.1. The second-order valence-corrected chi connectivity index (χ2v) is 9.77. The lowest BCUT2D eigenvalue weighted by atomic mass is 9.59. The van der Waals surface area contributed by atoms with Crippen LogP contribution in [0, 0.1) is 0 Å². The third-order valence-corrected chi connectivity index (χ3v) is 7.49. The number of hydrogen-bond donors (Lipinski definition) is 0. The molecule has 6 aromatic rings. The van der Waals surface area contributed by atoms with Gasteiger partial charge in [0, 0.05) is 11.4 Å². The lowest BCUT2D eigenvalue weighted by Gasteiger charge is -2.33. The maximum absolute atomic E-state index is 2.50. The van der Waals surface area contributed by atoms with Crippen LogP contribution in [0.5, 0.6) is 0 Å². The monoisotopic (exact) mass is 498 g/mol. The number of fused-ring (bicyclic) bond motifs is 1. The standard InChI is InChI=1S/C36H27BN2/c1-5-16-28(17-6-1)32-24-15-25-33(29-18-7-2-8-19-29)36(32)37-38(30-20-9-3-10-21-30)34-26-13-14-27-35(34)39(37)31-22-11-4-12-23-31/h1-27H. The van der Waals surface area contributed by atoms with E-state index in [-0.39, 0.29) is 6.98 Å². The average Bonchev–Trinajstić information content (AvgIpc) is 3.37. The molecule has 0 bridgehead atoms. The van der Waals surface area contributed by atoms with Crippen LogP contribution in [0.1, 0.15) is 0 Å². The van der Waals surface area contributed by atoms with Gasteiger partial charge < -0.3 is 9.62 Å². The summed E-state index contributed by atoms with van der Waals surface area (Å²) in [5.41, 5.74) is 10.9. The van der Waals surface area contributed by atoms with E-state index in [2.05, 4.69) is 173 Å². The van der Waals surface area contributed by atoms with E-state index in [1.54, 1.807) is 0 Å². The van der Waals surface area contributed by atoms with Gasteiger partial charge in [0.15, 0.2) is 0 Å². The molecule has 0 amide bonds. The van der Waals surface area contributed by atoms with Gasteiger partial charge in [0.05, 0.1) is 11.4 Å². The van der Waals surface area contributed by atoms with Crippen LogP contribution >= 0.6 is 0 Å². The molecule has 0 unspecified atom stereocenters. The maximum Gasteiger partial charge on any atom is 0.422 e. The molecular weight excluding hydrogens is 471 g/mol. The molecule has 0 atom stereocenters. The van der Waals surface area contributed by atoms with Crippen molar-refractivity contribution in [1.82, 2.24) is 0 Å². The molecule has 0 aliphatic carbocycles. The van der Waals surface area contributed by atoms with Gasteiger partial charge >= 0.3 is 6.98 Å². The second-order valence-electron chi connectivity index (χ2n) is 9.77. The van der Waals surface area contributed by atoms with Gasteiger partial charge in [0.1, 0.15) is 0 Å². The Morgan fingerprint density at radius 1 is 0.333 bits per heavy atom. The Kier molecular flexibility index (Phi) is 5.95. The molecule has 39 heavy (non-hydrogen) atoms. The molecule has 0 radical (unpaired) electrons. The van der Waals surface area contributed by atoms with Gasteiger partial charge in [0.2, 0.25) is 0 Å². The fourth-order valence-electron chi connectivity index (χ4n) is 5.83. The van der Waals surface area contributed by atoms with E-state index in [4.69, 9.17) is 0 Å². The third-order valence-electron chi connectivity index (χ3n) is 7.49. The van der Waals surface area contributed by atoms with Gasteiger partial charge in [-0.3, -0.25) is 0 Å². The van der Waals surface area contributed by atoms with Crippen LogP contribution in [0.2, 0.25) is 0 Å². The molecule has 1 heterocycles. The molecule has 1 aliphatic rings. The Hall–Kier alpha value is -5.02. The van der Waals surface area contributed by atoms with Crippen LogP contribution in [0.25, 0.3) is 22.3 Å². The molecule has 0 aromatic heterocycles. The van der Waals surface area contributed by atoms with Crippen molar-refractivity contribution >= 4 is 35.2 Å². The Labute approximate surface area is 230 Å². The maximum atomic E-state index is 2.50. The van der Waals surface area contributed by atoms with Gasteiger partial charge in [-0.05, 0) is 64.1 Å². The largest absolute Gasteiger partial charge is 0.422 e. The lowest BCUT2D eigenvalue weighted by Crippen LogP contribution is -2.54. The molecule has 0 saturated carbocycles. The minimum atomic E-state index is -0.112. The number of hydrogen-bond acceptors (Lipinski definition) is 2. The molecule has 7 rings (SSSR count). The Morgan fingerprint density at radius 3 is 1.10 bits per heavy atom. The van der Waals surface area contributed by atoms with Crippen molar-refractivity contribution < 1.29 is 0 Å². The van der Waals surface area contributed by atoms with Crippen molar-refractivity contribution in [2.75, 3.05) is 9.62 Å². The number of nitrogens with zero attached hydrogens (tertiary/aromatic N) is 2. The molecule has 0 N–H and O–H groups in total. The molecule has 0 saturated heterocycles. The Balaban J connectivity index is 1.58. The van der Waals surface area contributed by atoms with Crippen LogP contribution in [0.3, 0.4) is 0 Å². The number of para-hydroxylation sites is 4. The van der Waals surface area contributed by atoms with E-state index >= 15 is 0 Å². The predicted molar refractivity (Wildman–Crippen MR) is 166 cm³/mol. The summed E-state index contributed by atoms with van der Waals surface area (Å²) < 4.78 is 0. The van der Waals surface area contributed by atoms with Gasteiger partial charge in [-0.1, -0.05) is 127 Å². The van der Waals surface area contributed by atoms with Crippen LogP contribution < -0.4 is 15.1 Å². The topological polar surface area (TPSA) is 6.48 Å². The first-order valence-corrected chi connectivity index (χ1v) is 13.4. The summed E-state index contributed by atoms with van der Waals surface area (Å²) in [5.74, 6) is 0. The molecular formula is C36H27BN2. The highest BCUT2D eigenvalue weighted by molar-refractivity contribution is 6.86. The second kappa shape index (κ2) is 10.0. The summed E-state index contributed by atoms with van der Waals surface area (Å²) in [4.78, 5) is 4.99. The van der Waals surface area contributed by atoms with Crippen molar-refractivity contribution in [3.8, 4) is 22.3 Å². The molecule has 2 nitrogen and oxygen atoms in total. The number of benzene rings is 6. The smallest absolute Gasteiger partial charge is 0.360 e. The number of rotatable bonds is 5. The van der Waals surface area contributed by atoms with Gasteiger partial charge in [0.25, 0.3) is 0 Å². The minimum Gasteiger partial charge on any atom is -0.360 e. The molecule has 0 fully saturated rings. The summed E-state index contributed by atoms with van der Waals surface area (Å²) in [6.45, 7) is -0.112. The molecule has 6 aromatic carbocycles. The van der Waals surface area contributed by atoms with E-state index in [1.807, 2.05) is 0 Å². The van der Waals surface area contributed by atoms with Crippen molar-refractivity contribution in [3.63, 3.8) is 0 Å². The van der Waals surface area contributed by atoms with Crippen molar-refractivity contribution in [2.24, 2.45) is 0 Å². The lowest BCUT2D eigenvalue weighted by molar-refractivity contribution is 1.39. The van der Waals surface area contributed by atoms with Gasteiger partial charge in [-0.25, -0.2) is 0 Å². The molecule has 3 heteroatoms. The first-order chi connectivity index (χ1) is 19.4. The van der Waals surface area contributed by atoms with Crippen molar-refractivity contribution in [1.29, 1.82) is 0 Å². The van der Waals surface area contributed by atoms with E-state index < -0.39 is 0 Å². The highest BCUT2D eigenvalue weighted by Crippen LogP contribution is 2.47. The highest BCUT2D eigenvalue weighted by atomic mass is 15.3. The fourth-order valence-corrected chi connectivity index (χ4v) is 5.83. The highest BCUT2D eigenvalue weighted by Gasteiger charge is 2.45. The van der Waals surface area contributed by atoms with E-state index in [0.29, 0.717) is 0 Å². The zero-order valence-corrected chi connectivity index (χ0v) is 21.6. The van der Waals surface area contributed by atoms with E-state index in [0.717, 1.165) is 11.4 Å².